The minimum Gasteiger partial charge on any atom is -0.380 e. The normalized spacial score (nSPS) is 18.1. The van der Waals surface area contributed by atoms with Crippen LogP contribution in [0.1, 0.15) is 61.6 Å². The number of nitrogens with one attached hydrogen (secondary N) is 1. The highest BCUT2D eigenvalue weighted by Gasteiger charge is 2.19. The third-order valence-corrected chi connectivity index (χ3v) is 5.28. The molecular formula is C22H25N. The Labute approximate surface area is 139 Å². The van der Waals surface area contributed by atoms with E-state index in [-0.39, 0.29) is 0 Å². The smallest absolute Gasteiger partial charge is 0.0419 e. The highest BCUT2D eigenvalue weighted by molar-refractivity contribution is 5.95. The molecule has 0 saturated carbocycles. The topological polar surface area (TPSA) is 12.0 Å². The van der Waals surface area contributed by atoms with Crippen molar-refractivity contribution in [3.63, 3.8) is 0 Å². The number of anilines is 1. The Hall–Kier alpha value is -2.02. The number of para-hydroxylation sites is 1. The van der Waals surface area contributed by atoms with Crippen LogP contribution in [-0.4, -0.2) is 0 Å². The zero-order valence-corrected chi connectivity index (χ0v) is 13.8. The second-order valence-corrected chi connectivity index (χ2v) is 6.78. The van der Waals surface area contributed by atoms with Crippen molar-refractivity contribution in [3.8, 4) is 0 Å². The van der Waals surface area contributed by atoms with E-state index in [0.29, 0.717) is 0 Å². The number of allylic oxidation sites excluding steroid dienone is 2. The summed E-state index contributed by atoms with van der Waals surface area (Å²) in [7, 11) is 0. The van der Waals surface area contributed by atoms with E-state index in [9.17, 15) is 0 Å². The summed E-state index contributed by atoms with van der Waals surface area (Å²) in [5.41, 5.74) is 8.84. The van der Waals surface area contributed by atoms with Gasteiger partial charge in [0.05, 0.1) is 0 Å². The van der Waals surface area contributed by atoms with Gasteiger partial charge in [0.2, 0.25) is 0 Å². The van der Waals surface area contributed by atoms with E-state index in [1.807, 2.05) is 0 Å². The lowest BCUT2D eigenvalue weighted by molar-refractivity contribution is 0.634. The minimum atomic E-state index is 0.921. The quantitative estimate of drug-likeness (QED) is 0.605. The molecular weight excluding hydrogens is 278 g/mol. The molecule has 0 fully saturated rings. The standard InChI is InChI=1S/C22H25N/c1-2-4-12-19-18-11-7-6-10-17(18)16-23-22-15-9-8-14-21(22)20(19)13-5-3-1/h6-11,14-15,23H,1-5,12-13,16H2. The van der Waals surface area contributed by atoms with Gasteiger partial charge in [-0.1, -0.05) is 61.7 Å². The highest BCUT2D eigenvalue weighted by atomic mass is 14.9. The van der Waals surface area contributed by atoms with Crippen LogP contribution < -0.4 is 5.32 Å². The average Bonchev–Trinajstić information content (AvgIpc) is 2.71. The monoisotopic (exact) mass is 303 g/mol. The van der Waals surface area contributed by atoms with E-state index in [2.05, 4.69) is 53.8 Å². The molecule has 0 spiro atoms. The lowest BCUT2D eigenvalue weighted by atomic mass is 9.85. The number of hydrogen-bond donors (Lipinski definition) is 1. The summed E-state index contributed by atoms with van der Waals surface area (Å²) in [5.74, 6) is 0. The fourth-order valence-corrected chi connectivity index (χ4v) is 4.09. The molecule has 0 aromatic heterocycles. The van der Waals surface area contributed by atoms with Crippen LogP contribution >= 0.6 is 0 Å². The molecule has 0 atom stereocenters. The first-order valence-electron chi connectivity index (χ1n) is 9.07. The Balaban J connectivity index is 1.94. The maximum Gasteiger partial charge on any atom is 0.0419 e. The molecule has 1 aliphatic heterocycles. The second kappa shape index (κ2) is 6.62. The predicted octanol–water partition coefficient (Wildman–Crippen LogP) is 6.27. The maximum atomic E-state index is 3.67. The van der Waals surface area contributed by atoms with Crippen LogP contribution in [-0.2, 0) is 6.54 Å². The molecule has 2 aliphatic rings. The van der Waals surface area contributed by atoms with E-state index >= 15 is 0 Å². The summed E-state index contributed by atoms with van der Waals surface area (Å²) in [5, 5.41) is 3.67. The molecule has 0 radical (unpaired) electrons. The van der Waals surface area contributed by atoms with Crippen LogP contribution in [0.3, 0.4) is 0 Å². The summed E-state index contributed by atoms with van der Waals surface area (Å²) in [6.45, 7) is 0.921. The van der Waals surface area contributed by atoms with Crippen molar-refractivity contribution in [3.05, 3.63) is 65.2 Å². The molecule has 0 saturated heterocycles. The van der Waals surface area contributed by atoms with Crippen LogP contribution in [0.2, 0.25) is 0 Å². The van der Waals surface area contributed by atoms with Crippen LogP contribution in [0, 0.1) is 0 Å². The molecule has 1 nitrogen and oxygen atoms in total. The molecule has 1 N–H and O–H groups in total. The molecule has 1 aliphatic carbocycles. The SMILES string of the molecule is c1ccc2c(c1)CNc1ccccc1C1=C2CCCCCCC1. The summed E-state index contributed by atoms with van der Waals surface area (Å²) >= 11 is 0. The van der Waals surface area contributed by atoms with Crippen molar-refractivity contribution in [2.45, 2.75) is 51.5 Å². The first-order valence-corrected chi connectivity index (χ1v) is 9.07. The van der Waals surface area contributed by atoms with Crippen molar-refractivity contribution in [1.82, 2.24) is 0 Å². The summed E-state index contributed by atoms with van der Waals surface area (Å²) in [6, 6.07) is 17.9. The lowest BCUT2D eigenvalue weighted by Crippen LogP contribution is -2.09. The zero-order valence-electron chi connectivity index (χ0n) is 13.8. The predicted molar refractivity (Wildman–Crippen MR) is 99.3 cm³/mol. The Morgan fingerprint density at radius 2 is 1.22 bits per heavy atom. The zero-order chi connectivity index (χ0) is 15.5. The number of fused-ring (bicyclic) bond motifs is 4. The Kier molecular flexibility index (Phi) is 4.19. The molecule has 2 aromatic carbocycles. The van der Waals surface area contributed by atoms with Crippen molar-refractivity contribution in [2.24, 2.45) is 0 Å². The molecule has 0 bridgehead atoms. The third-order valence-electron chi connectivity index (χ3n) is 5.28. The summed E-state index contributed by atoms with van der Waals surface area (Å²) in [6.07, 6.45) is 9.20. The van der Waals surface area contributed by atoms with E-state index in [1.165, 1.54) is 67.3 Å². The fourth-order valence-electron chi connectivity index (χ4n) is 4.09. The number of hydrogen-bond acceptors (Lipinski definition) is 1. The van der Waals surface area contributed by atoms with Crippen molar-refractivity contribution in [2.75, 3.05) is 5.32 Å². The van der Waals surface area contributed by atoms with Gasteiger partial charge in [0.25, 0.3) is 0 Å². The van der Waals surface area contributed by atoms with Gasteiger partial charge in [-0.15, -0.1) is 0 Å². The van der Waals surface area contributed by atoms with Gasteiger partial charge in [0, 0.05) is 17.8 Å². The van der Waals surface area contributed by atoms with E-state index in [0.717, 1.165) is 6.54 Å². The average molecular weight is 303 g/mol. The molecule has 1 heterocycles. The van der Waals surface area contributed by atoms with Gasteiger partial charge in [-0.05, 0) is 54.0 Å². The van der Waals surface area contributed by atoms with Crippen LogP contribution in [0.4, 0.5) is 5.69 Å². The lowest BCUT2D eigenvalue weighted by Gasteiger charge is -2.24. The van der Waals surface area contributed by atoms with Crippen molar-refractivity contribution < 1.29 is 0 Å². The second-order valence-electron chi connectivity index (χ2n) is 6.78. The molecule has 118 valence electrons. The molecule has 0 unspecified atom stereocenters. The van der Waals surface area contributed by atoms with E-state index in [4.69, 9.17) is 0 Å². The molecule has 4 rings (SSSR count). The molecule has 0 amide bonds. The first kappa shape index (κ1) is 14.6. The van der Waals surface area contributed by atoms with Gasteiger partial charge in [-0.25, -0.2) is 0 Å². The van der Waals surface area contributed by atoms with E-state index in [1.54, 1.807) is 11.1 Å². The number of rotatable bonds is 0. The van der Waals surface area contributed by atoms with Gasteiger partial charge < -0.3 is 5.32 Å². The van der Waals surface area contributed by atoms with Gasteiger partial charge in [-0.2, -0.15) is 0 Å². The van der Waals surface area contributed by atoms with Crippen LogP contribution in [0.15, 0.2) is 48.5 Å². The van der Waals surface area contributed by atoms with Gasteiger partial charge in [-0.3, -0.25) is 0 Å². The molecule has 1 heteroatoms. The van der Waals surface area contributed by atoms with E-state index < -0.39 is 0 Å². The van der Waals surface area contributed by atoms with Gasteiger partial charge >= 0.3 is 0 Å². The van der Waals surface area contributed by atoms with Crippen molar-refractivity contribution >= 4 is 16.8 Å². The summed E-state index contributed by atoms with van der Waals surface area (Å²) in [4.78, 5) is 0. The Morgan fingerprint density at radius 1 is 0.609 bits per heavy atom. The third kappa shape index (κ3) is 2.93. The van der Waals surface area contributed by atoms with Crippen LogP contribution in [0.25, 0.3) is 11.1 Å². The molecule has 2 aromatic rings. The minimum absolute atomic E-state index is 0.921. The molecule has 23 heavy (non-hydrogen) atoms. The van der Waals surface area contributed by atoms with Gasteiger partial charge in [0.1, 0.15) is 0 Å². The largest absolute Gasteiger partial charge is 0.380 e. The van der Waals surface area contributed by atoms with Crippen LogP contribution in [0.5, 0.6) is 0 Å². The maximum absolute atomic E-state index is 3.67. The summed E-state index contributed by atoms with van der Waals surface area (Å²) < 4.78 is 0. The highest BCUT2D eigenvalue weighted by Crippen LogP contribution is 2.41. The first-order chi connectivity index (χ1) is 11.4. The number of benzene rings is 2. The Morgan fingerprint density at radius 3 is 2.04 bits per heavy atom. The van der Waals surface area contributed by atoms with Crippen molar-refractivity contribution in [1.29, 1.82) is 0 Å². The van der Waals surface area contributed by atoms with Gasteiger partial charge in [0.15, 0.2) is 0 Å². The Bertz CT molecular complexity index is 665. The fraction of sp³-hybridized carbons (Fsp3) is 0.364.